The number of hydrogen-bond donors (Lipinski definition) is 0. The number of anilines is 2. The third-order valence-electron chi connectivity index (χ3n) is 9.39. The maximum Gasteiger partial charge on any atom is 0.136 e. The predicted molar refractivity (Wildman–Crippen MR) is 168 cm³/mol. The van der Waals surface area contributed by atoms with Gasteiger partial charge in [-0.15, -0.1) is 0 Å². The van der Waals surface area contributed by atoms with Crippen molar-refractivity contribution in [2.75, 3.05) is 36.0 Å². The predicted octanol–water partition coefficient (Wildman–Crippen LogP) is 9.77. The number of hydrogen-bond acceptors (Lipinski definition) is 4. The second-order valence-corrected chi connectivity index (χ2v) is 11.9. The van der Waals surface area contributed by atoms with E-state index in [0.717, 1.165) is 70.1 Å². The van der Waals surface area contributed by atoms with E-state index in [-0.39, 0.29) is 0 Å². The van der Waals surface area contributed by atoms with E-state index in [2.05, 4.69) is 82.6 Å². The molecule has 40 heavy (non-hydrogen) atoms. The first-order valence-electron chi connectivity index (χ1n) is 15.0. The average Bonchev–Trinajstić information content (AvgIpc) is 3.55. The van der Waals surface area contributed by atoms with Gasteiger partial charge in [0.05, 0.1) is 0 Å². The van der Waals surface area contributed by atoms with Crippen molar-refractivity contribution in [1.82, 2.24) is 0 Å². The molecule has 2 aliphatic rings. The fourth-order valence-corrected chi connectivity index (χ4v) is 7.29. The van der Waals surface area contributed by atoms with Crippen molar-refractivity contribution in [2.24, 2.45) is 0 Å². The molecule has 9 rings (SSSR count). The molecule has 0 N–H and O–H groups in total. The smallest absolute Gasteiger partial charge is 0.136 e. The van der Waals surface area contributed by atoms with Crippen LogP contribution in [0, 0.1) is 0 Å². The van der Waals surface area contributed by atoms with Crippen molar-refractivity contribution in [1.29, 1.82) is 0 Å². The number of nitrogens with zero attached hydrogens (tertiary/aromatic N) is 2. The number of furan rings is 2. The van der Waals surface area contributed by atoms with Crippen molar-refractivity contribution in [3.63, 3.8) is 0 Å². The summed E-state index contributed by atoms with van der Waals surface area (Å²) in [7, 11) is 0. The Morgan fingerprint density at radius 2 is 0.850 bits per heavy atom. The van der Waals surface area contributed by atoms with Gasteiger partial charge in [0.1, 0.15) is 22.3 Å². The van der Waals surface area contributed by atoms with Crippen LogP contribution in [0.25, 0.3) is 65.4 Å². The van der Waals surface area contributed by atoms with Crippen molar-refractivity contribution < 1.29 is 8.83 Å². The molecule has 4 heteroatoms. The molecular formula is C36H32N2O2. The molecule has 4 nitrogen and oxygen atoms in total. The van der Waals surface area contributed by atoms with Crippen molar-refractivity contribution in [2.45, 2.75) is 38.5 Å². The molecule has 2 saturated heterocycles. The molecule has 4 heterocycles. The quantitative estimate of drug-likeness (QED) is 0.225. The molecule has 0 amide bonds. The summed E-state index contributed by atoms with van der Waals surface area (Å²) >= 11 is 0. The first kappa shape index (κ1) is 22.6. The second-order valence-electron chi connectivity index (χ2n) is 11.9. The van der Waals surface area contributed by atoms with E-state index in [9.17, 15) is 0 Å². The minimum absolute atomic E-state index is 0.914. The third kappa shape index (κ3) is 3.45. The summed E-state index contributed by atoms with van der Waals surface area (Å²) < 4.78 is 13.0. The first-order chi connectivity index (χ1) is 19.8. The van der Waals surface area contributed by atoms with Crippen LogP contribution in [0.1, 0.15) is 38.5 Å². The number of fused-ring (bicyclic) bond motifs is 9. The molecular weight excluding hydrogens is 492 g/mol. The summed E-state index contributed by atoms with van der Waals surface area (Å²) in [5.41, 5.74) is 6.34. The third-order valence-corrected chi connectivity index (χ3v) is 9.39. The topological polar surface area (TPSA) is 32.8 Å². The fraction of sp³-hybridized carbons (Fsp3) is 0.278. The van der Waals surface area contributed by atoms with E-state index >= 15 is 0 Å². The van der Waals surface area contributed by atoms with Gasteiger partial charge in [0.2, 0.25) is 0 Å². The molecule has 2 aromatic heterocycles. The Kier molecular flexibility index (Phi) is 4.90. The largest absolute Gasteiger partial charge is 0.456 e. The van der Waals surface area contributed by atoms with Crippen molar-refractivity contribution >= 4 is 76.8 Å². The summed E-state index contributed by atoms with van der Waals surface area (Å²) in [6, 6.07) is 27.0. The van der Waals surface area contributed by atoms with Gasteiger partial charge in [-0.25, -0.2) is 0 Å². The molecule has 0 atom stereocenters. The monoisotopic (exact) mass is 524 g/mol. The Labute approximate surface area is 232 Å². The molecule has 7 aromatic rings. The van der Waals surface area contributed by atoms with Crippen LogP contribution in [0.15, 0.2) is 81.6 Å². The van der Waals surface area contributed by atoms with Crippen LogP contribution in [0.2, 0.25) is 0 Å². The van der Waals surface area contributed by atoms with Crippen LogP contribution in [0.4, 0.5) is 11.4 Å². The molecule has 2 fully saturated rings. The van der Waals surface area contributed by atoms with Gasteiger partial charge in [0, 0.05) is 59.1 Å². The summed E-state index contributed by atoms with van der Waals surface area (Å²) in [5.74, 6) is 0. The van der Waals surface area contributed by atoms with E-state index in [1.807, 2.05) is 0 Å². The molecule has 0 spiro atoms. The lowest BCUT2D eigenvalue weighted by Crippen LogP contribution is -2.29. The molecule has 198 valence electrons. The van der Waals surface area contributed by atoms with E-state index < -0.39 is 0 Å². The van der Waals surface area contributed by atoms with Gasteiger partial charge in [-0.2, -0.15) is 0 Å². The Hall–Kier alpha value is -4.18. The van der Waals surface area contributed by atoms with Crippen LogP contribution in [0.3, 0.4) is 0 Å². The molecule has 0 bridgehead atoms. The van der Waals surface area contributed by atoms with E-state index in [1.165, 1.54) is 71.4 Å². The van der Waals surface area contributed by atoms with Gasteiger partial charge in [-0.1, -0.05) is 12.1 Å². The van der Waals surface area contributed by atoms with Crippen LogP contribution in [-0.2, 0) is 0 Å². The van der Waals surface area contributed by atoms with Gasteiger partial charge in [-0.3, -0.25) is 0 Å². The highest BCUT2D eigenvalue weighted by molar-refractivity contribution is 6.27. The summed E-state index contributed by atoms with van der Waals surface area (Å²) in [6.45, 7) is 4.60. The lowest BCUT2D eigenvalue weighted by atomic mass is 10.00. The van der Waals surface area contributed by atoms with Gasteiger partial charge in [-0.05, 0) is 121 Å². The van der Waals surface area contributed by atoms with Crippen molar-refractivity contribution in [3.05, 3.63) is 72.8 Å². The van der Waals surface area contributed by atoms with Gasteiger partial charge >= 0.3 is 0 Å². The van der Waals surface area contributed by atoms with Crippen LogP contribution < -0.4 is 9.80 Å². The second kappa shape index (κ2) is 8.66. The van der Waals surface area contributed by atoms with E-state index in [0.29, 0.717) is 0 Å². The summed E-state index contributed by atoms with van der Waals surface area (Å²) in [6.07, 6.45) is 7.81. The standard InChI is InChI=1S/C36H32N2O2/c1-3-13-37(14-4-1)27-9-7-23-19-29-33(21-25(23)17-27)39-31-11-12-32-36(35(29)31)30-20-24-8-10-28(38-15-5-2-6-16-38)18-26(24)22-34(30)40-32/h7-12,17-22H,1-6,13-16H2. The van der Waals surface area contributed by atoms with Crippen molar-refractivity contribution in [3.8, 4) is 0 Å². The fourth-order valence-electron chi connectivity index (χ4n) is 7.29. The normalized spacial score (nSPS) is 16.9. The van der Waals surface area contributed by atoms with Crippen LogP contribution >= 0.6 is 0 Å². The lowest BCUT2D eigenvalue weighted by molar-refractivity contribution is 0.578. The highest BCUT2D eigenvalue weighted by atomic mass is 16.3. The number of rotatable bonds is 2. The highest BCUT2D eigenvalue weighted by Gasteiger charge is 2.19. The zero-order valence-electron chi connectivity index (χ0n) is 22.7. The van der Waals surface area contributed by atoms with E-state index in [1.54, 1.807) is 0 Å². The Balaban J connectivity index is 1.22. The van der Waals surface area contributed by atoms with Gasteiger partial charge < -0.3 is 18.6 Å². The van der Waals surface area contributed by atoms with Crippen LogP contribution in [-0.4, -0.2) is 26.2 Å². The molecule has 0 radical (unpaired) electrons. The Bertz CT molecular complexity index is 1940. The van der Waals surface area contributed by atoms with Gasteiger partial charge in [0.25, 0.3) is 0 Å². The maximum atomic E-state index is 6.48. The number of piperidine rings is 2. The summed E-state index contributed by atoms with van der Waals surface area (Å²) in [5, 5.41) is 9.57. The maximum absolute atomic E-state index is 6.48. The molecule has 2 aliphatic heterocycles. The Morgan fingerprint density at radius 3 is 1.30 bits per heavy atom. The summed E-state index contributed by atoms with van der Waals surface area (Å²) in [4.78, 5) is 5.04. The van der Waals surface area contributed by atoms with Crippen LogP contribution in [0.5, 0.6) is 0 Å². The zero-order chi connectivity index (χ0) is 26.2. The molecule has 5 aromatic carbocycles. The average molecular weight is 525 g/mol. The zero-order valence-corrected chi connectivity index (χ0v) is 22.7. The molecule has 0 saturated carbocycles. The Morgan fingerprint density at radius 1 is 0.400 bits per heavy atom. The highest BCUT2D eigenvalue weighted by Crippen LogP contribution is 2.42. The number of benzene rings is 5. The molecule has 0 aliphatic carbocycles. The lowest BCUT2D eigenvalue weighted by Gasteiger charge is -2.29. The van der Waals surface area contributed by atoms with Gasteiger partial charge in [0.15, 0.2) is 0 Å². The van der Waals surface area contributed by atoms with E-state index in [4.69, 9.17) is 8.83 Å². The minimum Gasteiger partial charge on any atom is -0.456 e. The first-order valence-corrected chi connectivity index (χ1v) is 15.0. The minimum atomic E-state index is 0.914. The molecule has 0 unspecified atom stereocenters. The SMILES string of the molecule is c1cc2cc3c(cc2cc1N1CCCCC1)oc1ccc2oc4cc5cc(N6CCCCC6)ccc5cc4c2c13.